The van der Waals surface area contributed by atoms with Crippen molar-refractivity contribution in [2.75, 3.05) is 26.2 Å². The van der Waals surface area contributed by atoms with E-state index in [0.29, 0.717) is 31.7 Å². The van der Waals surface area contributed by atoms with Gasteiger partial charge in [0.25, 0.3) is 11.8 Å². The minimum Gasteiger partial charge on any atom is -0.337 e. The molecule has 2 aromatic rings. The molecule has 2 amide bonds. The first-order valence-electron chi connectivity index (χ1n) is 8.01. The molecule has 130 valence electrons. The van der Waals surface area contributed by atoms with Gasteiger partial charge in [0, 0.05) is 32.4 Å². The Kier molecular flexibility index (Phi) is 5.02. The van der Waals surface area contributed by atoms with Gasteiger partial charge in [-0.15, -0.1) is 0 Å². The topological polar surface area (TPSA) is 53.5 Å². The third kappa shape index (κ3) is 3.81. The van der Waals surface area contributed by atoms with Crippen molar-refractivity contribution in [2.24, 2.45) is 0 Å². The van der Waals surface area contributed by atoms with E-state index in [1.807, 2.05) is 0 Å². The molecule has 2 heterocycles. The fourth-order valence-corrected chi connectivity index (χ4v) is 2.81. The normalized spacial score (nSPS) is 15.0. The van der Waals surface area contributed by atoms with E-state index in [1.54, 1.807) is 29.3 Å². The molecule has 1 saturated heterocycles. The molecule has 0 unspecified atom stereocenters. The van der Waals surface area contributed by atoms with Gasteiger partial charge in [-0.3, -0.25) is 14.6 Å². The van der Waals surface area contributed by atoms with Gasteiger partial charge in [0.05, 0.1) is 5.56 Å². The van der Waals surface area contributed by atoms with Crippen molar-refractivity contribution in [3.63, 3.8) is 0 Å². The minimum atomic E-state index is -0.753. The number of halogens is 2. The van der Waals surface area contributed by atoms with Crippen LogP contribution in [0.15, 0.2) is 42.6 Å². The van der Waals surface area contributed by atoms with E-state index in [1.165, 1.54) is 4.90 Å². The zero-order valence-electron chi connectivity index (χ0n) is 13.5. The number of aromatic nitrogens is 1. The molecule has 3 rings (SSSR count). The second kappa shape index (κ2) is 7.38. The number of carbonyl (C=O) groups is 2. The van der Waals surface area contributed by atoms with Gasteiger partial charge in [-0.1, -0.05) is 6.07 Å². The molecule has 0 bridgehead atoms. The van der Waals surface area contributed by atoms with Crippen LogP contribution in [0.2, 0.25) is 0 Å². The van der Waals surface area contributed by atoms with Crippen LogP contribution in [-0.2, 0) is 0 Å². The standard InChI is InChI=1S/C18H17F2N3O2/c19-13-5-6-15(20)14(12-13)17(24)22-8-3-9-23(11-10-22)18(25)16-4-1-2-7-21-16/h1-2,4-7,12H,3,8-11H2. The minimum absolute atomic E-state index is 0.202. The van der Waals surface area contributed by atoms with Gasteiger partial charge in [0.1, 0.15) is 17.3 Å². The summed E-state index contributed by atoms with van der Waals surface area (Å²) in [5, 5.41) is 0. The van der Waals surface area contributed by atoms with Crippen molar-refractivity contribution in [1.82, 2.24) is 14.8 Å². The van der Waals surface area contributed by atoms with Crippen LogP contribution >= 0.6 is 0 Å². The highest BCUT2D eigenvalue weighted by Gasteiger charge is 2.25. The Balaban J connectivity index is 1.70. The van der Waals surface area contributed by atoms with Gasteiger partial charge in [-0.25, -0.2) is 8.78 Å². The summed E-state index contributed by atoms with van der Waals surface area (Å²) in [6.07, 6.45) is 2.11. The van der Waals surface area contributed by atoms with E-state index in [-0.39, 0.29) is 18.0 Å². The molecule has 0 atom stereocenters. The van der Waals surface area contributed by atoms with E-state index in [2.05, 4.69) is 4.98 Å². The molecule has 7 heteroatoms. The fraction of sp³-hybridized carbons (Fsp3) is 0.278. The smallest absolute Gasteiger partial charge is 0.272 e. The number of carbonyl (C=O) groups excluding carboxylic acids is 2. The zero-order chi connectivity index (χ0) is 17.8. The van der Waals surface area contributed by atoms with Crippen LogP contribution in [0.1, 0.15) is 27.3 Å². The van der Waals surface area contributed by atoms with Crippen LogP contribution in [-0.4, -0.2) is 52.8 Å². The first-order valence-corrected chi connectivity index (χ1v) is 8.01. The molecule has 0 saturated carbocycles. The Labute approximate surface area is 143 Å². The highest BCUT2D eigenvalue weighted by atomic mass is 19.1. The Morgan fingerprint density at radius 3 is 2.32 bits per heavy atom. The van der Waals surface area contributed by atoms with Crippen molar-refractivity contribution < 1.29 is 18.4 Å². The summed E-state index contributed by atoms with van der Waals surface area (Å²) in [5.41, 5.74) is 0.0583. The number of rotatable bonds is 2. The van der Waals surface area contributed by atoms with Crippen LogP contribution < -0.4 is 0 Å². The third-order valence-corrected chi connectivity index (χ3v) is 4.11. The molecule has 0 radical (unpaired) electrons. The number of nitrogens with zero attached hydrogens (tertiary/aromatic N) is 3. The highest BCUT2D eigenvalue weighted by molar-refractivity contribution is 5.95. The molecule has 1 aliphatic heterocycles. The van der Waals surface area contributed by atoms with Crippen molar-refractivity contribution in [3.05, 3.63) is 65.5 Å². The molecule has 5 nitrogen and oxygen atoms in total. The molecular weight excluding hydrogens is 328 g/mol. The maximum absolute atomic E-state index is 13.8. The molecule has 0 N–H and O–H groups in total. The summed E-state index contributed by atoms with van der Waals surface area (Å²) in [6, 6.07) is 7.92. The summed E-state index contributed by atoms with van der Waals surface area (Å²) in [4.78, 5) is 32.0. The maximum atomic E-state index is 13.8. The Morgan fingerprint density at radius 2 is 1.64 bits per heavy atom. The summed E-state index contributed by atoms with van der Waals surface area (Å²) >= 11 is 0. The average molecular weight is 345 g/mol. The van der Waals surface area contributed by atoms with E-state index < -0.39 is 17.5 Å². The lowest BCUT2D eigenvalue weighted by molar-refractivity contribution is 0.0713. The summed E-state index contributed by atoms with van der Waals surface area (Å²) in [5.74, 6) is -2.18. The largest absolute Gasteiger partial charge is 0.337 e. The van der Waals surface area contributed by atoms with Crippen LogP contribution in [0, 0.1) is 11.6 Å². The quantitative estimate of drug-likeness (QED) is 0.840. The number of hydrogen-bond donors (Lipinski definition) is 0. The van der Waals surface area contributed by atoms with Gasteiger partial charge in [0.15, 0.2) is 0 Å². The molecular formula is C18H17F2N3O2. The van der Waals surface area contributed by atoms with Crippen LogP contribution in [0.3, 0.4) is 0 Å². The maximum Gasteiger partial charge on any atom is 0.272 e. The van der Waals surface area contributed by atoms with Gasteiger partial charge in [0.2, 0.25) is 0 Å². The number of pyridine rings is 1. The van der Waals surface area contributed by atoms with Crippen LogP contribution in [0.25, 0.3) is 0 Å². The number of hydrogen-bond acceptors (Lipinski definition) is 3. The zero-order valence-corrected chi connectivity index (χ0v) is 13.5. The van der Waals surface area contributed by atoms with Gasteiger partial charge >= 0.3 is 0 Å². The van der Waals surface area contributed by atoms with E-state index in [4.69, 9.17) is 0 Å². The number of amides is 2. The van der Waals surface area contributed by atoms with Crippen molar-refractivity contribution in [2.45, 2.75) is 6.42 Å². The van der Waals surface area contributed by atoms with E-state index in [9.17, 15) is 18.4 Å². The predicted molar refractivity (Wildman–Crippen MR) is 87.0 cm³/mol. The highest BCUT2D eigenvalue weighted by Crippen LogP contribution is 2.15. The van der Waals surface area contributed by atoms with E-state index in [0.717, 1.165) is 18.2 Å². The molecule has 0 aliphatic carbocycles. The first kappa shape index (κ1) is 17.0. The van der Waals surface area contributed by atoms with Gasteiger partial charge in [-0.05, 0) is 36.8 Å². The lowest BCUT2D eigenvalue weighted by Gasteiger charge is -2.22. The summed E-state index contributed by atoms with van der Waals surface area (Å²) < 4.78 is 27.1. The van der Waals surface area contributed by atoms with Gasteiger partial charge < -0.3 is 9.80 Å². The predicted octanol–water partition coefficient (Wildman–Crippen LogP) is 2.35. The fourth-order valence-electron chi connectivity index (χ4n) is 2.81. The molecule has 25 heavy (non-hydrogen) atoms. The summed E-state index contributed by atoms with van der Waals surface area (Å²) in [6.45, 7) is 1.43. The Morgan fingerprint density at radius 1 is 0.920 bits per heavy atom. The second-order valence-corrected chi connectivity index (χ2v) is 5.78. The average Bonchev–Trinajstić information content (AvgIpc) is 2.89. The molecule has 1 aromatic heterocycles. The molecule has 1 fully saturated rings. The van der Waals surface area contributed by atoms with Crippen LogP contribution in [0.5, 0.6) is 0 Å². The van der Waals surface area contributed by atoms with Crippen molar-refractivity contribution in [1.29, 1.82) is 0 Å². The SMILES string of the molecule is O=C(c1ccccn1)N1CCCN(C(=O)c2cc(F)ccc2F)CC1. The summed E-state index contributed by atoms with van der Waals surface area (Å²) in [7, 11) is 0. The first-order chi connectivity index (χ1) is 12.1. The molecule has 1 aromatic carbocycles. The van der Waals surface area contributed by atoms with Crippen LogP contribution in [0.4, 0.5) is 8.78 Å². The Bertz CT molecular complexity index is 783. The third-order valence-electron chi connectivity index (χ3n) is 4.11. The molecule has 0 spiro atoms. The van der Waals surface area contributed by atoms with E-state index >= 15 is 0 Å². The number of benzene rings is 1. The monoisotopic (exact) mass is 345 g/mol. The van der Waals surface area contributed by atoms with Gasteiger partial charge in [-0.2, -0.15) is 0 Å². The Hall–Kier alpha value is -2.83. The lowest BCUT2D eigenvalue weighted by Crippen LogP contribution is -2.37. The second-order valence-electron chi connectivity index (χ2n) is 5.78. The van der Waals surface area contributed by atoms with Crippen molar-refractivity contribution >= 4 is 11.8 Å². The molecule has 1 aliphatic rings. The van der Waals surface area contributed by atoms with Crippen molar-refractivity contribution in [3.8, 4) is 0 Å². The lowest BCUT2D eigenvalue weighted by atomic mass is 10.1.